The van der Waals surface area contributed by atoms with Gasteiger partial charge in [-0.3, -0.25) is 9.52 Å². The van der Waals surface area contributed by atoms with Crippen LogP contribution in [-0.4, -0.2) is 50.8 Å². The van der Waals surface area contributed by atoms with Crippen molar-refractivity contribution < 1.29 is 17.9 Å². The van der Waals surface area contributed by atoms with E-state index in [0.29, 0.717) is 37.4 Å². The number of morpholine rings is 1. The Labute approximate surface area is 137 Å². The van der Waals surface area contributed by atoms with Crippen LogP contribution >= 0.6 is 0 Å². The van der Waals surface area contributed by atoms with Gasteiger partial charge in [-0.05, 0) is 31.5 Å². The molecule has 1 N–H and O–H groups in total. The third-order valence-electron chi connectivity index (χ3n) is 3.68. The molecule has 1 heterocycles. The molecule has 23 heavy (non-hydrogen) atoms. The van der Waals surface area contributed by atoms with Crippen molar-refractivity contribution in [3.8, 4) is 0 Å². The molecule has 0 bridgehead atoms. The summed E-state index contributed by atoms with van der Waals surface area (Å²) >= 11 is 0. The van der Waals surface area contributed by atoms with Crippen LogP contribution in [0, 0.1) is 0 Å². The molecule has 0 aliphatic carbocycles. The molecule has 0 radical (unpaired) electrons. The molecule has 1 aliphatic heterocycles. The van der Waals surface area contributed by atoms with E-state index in [9.17, 15) is 13.2 Å². The van der Waals surface area contributed by atoms with Gasteiger partial charge < -0.3 is 9.64 Å². The van der Waals surface area contributed by atoms with Gasteiger partial charge in [0, 0.05) is 24.3 Å². The van der Waals surface area contributed by atoms with E-state index in [-0.39, 0.29) is 17.8 Å². The standard InChI is InChI=1S/C16H24N2O4S/c1-3-4-10-23(20,21)17-15-7-5-6-14(11-15)16(19)18-8-9-22-13(2)12-18/h5-7,11,13,17H,3-4,8-10,12H2,1-2H3. The molecule has 6 nitrogen and oxygen atoms in total. The lowest BCUT2D eigenvalue weighted by molar-refractivity contribution is -0.0124. The van der Waals surface area contributed by atoms with Crippen LogP contribution in [0.3, 0.4) is 0 Å². The van der Waals surface area contributed by atoms with Crippen LogP contribution in [0.1, 0.15) is 37.0 Å². The predicted octanol–water partition coefficient (Wildman–Crippen LogP) is 2.09. The number of ether oxygens (including phenoxy) is 1. The fourth-order valence-electron chi connectivity index (χ4n) is 2.47. The largest absolute Gasteiger partial charge is 0.375 e. The second kappa shape index (κ2) is 7.79. The van der Waals surface area contributed by atoms with Gasteiger partial charge in [0.05, 0.1) is 18.5 Å². The number of carbonyl (C=O) groups is 1. The van der Waals surface area contributed by atoms with Crippen LogP contribution in [0.4, 0.5) is 5.69 Å². The zero-order valence-electron chi connectivity index (χ0n) is 13.6. The fraction of sp³-hybridized carbons (Fsp3) is 0.562. The second-order valence-corrected chi connectivity index (χ2v) is 7.63. The minimum atomic E-state index is -3.37. The summed E-state index contributed by atoms with van der Waals surface area (Å²) < 4.78 is 31.9. The summed E-state index contributed by atoms with van der Waals surface area (Å²) in [6.07, 6.45) is 1.44. The maximum absolute atomic E-state index is 12.5. The lowest BCUT2D eigenvalue weighted by Gasteiger charge is -2.31. The van der Waals surface area contributed by atoms with Crippen LogP contribution in [0.15, 0.2) is 24.3 Å². The van der Waals surface area contributed by atoms with Gasteiger partial charge >= 0.3 is 0 Å². The Balaban J connectivity index is 2.08. The molecule has 1 unspecified atom stereocenters. The average Bonchev–Trinajstić information content (AvgIpc) is 2.52. The highest BCUT2D eigenvalue weighted by atomic mass is 32.2. The fourth-order valence-corrected chi connectivity index (χ4v) is 3.72. The lowest BCUT2D eigenvalue weighted by Crippen LogP contribution is -2.44. The number of amides is 1. The molecule has 0 aromatic heterocycles. The van der Waals surface area contributed by atoms with Crippen molar-refractivity contribution in [1.29, 1.82) is 0 Å². The monoisotopic (exact) mass is 340 g/mol. The van der Waals surface area contributed by atoms with Gasteiger partial charge in [0.2, 0.25) is 10.0 Å². The van der Waals surface area contributed by atoms with E-state index in [1.165, 1.54) is 0 Å². The molecule has 0 saturated carbocycles. The van der Waals surface area contributed by atoms with E-state index in [2.05, 4.69) is 4.72 Å². The summed E-state index contributed by atoms with van der Waals surface area (Å²) in [4.78, 5) is 14.3. The summed E-state index contributed by atoms with van der Waals surface area (Å²) in [5.74, 6) is -0.0161. The Kier molecular flexibility index (Phi) is 6.01. The van der Waals surface area contributed by atoms with E-state index in [4.69, 9.17) is 4.74 Å². The third kappa shape index (κ3) is 5.21. The lowest BCUT2D eigenvalue weighted by atomic mass is 10.1. The quantitative estimate of drug-likeness (QED) is 0.860. The van der Waals surface area contributed by atoms with E-state index in [0.717, 1.165) is 6.42 Å². The molecular formula is C16H24N2O4S. The molecule has 1 fully saturated rings. The Morgan fingerprint density at radius 2 is 2.22 bits per heavy atom. The Hall–Kier alpha value is -1.60. The SMILES string of the molecule is CCCCS(=O)(=O)Nc1cccc(C(=O)N2CCOC(C)C2)c1. The zero-order chi connectivity index (χ0) is 16.9. The number of hydrogen-bond acceptors (Lipinski definition) is 4. The Bertz CT molecular complexity index is 645. The summed E-state index contributed by atoms with van der Waals surface area (Å²) in [5, 5.41) is 0. The first kappa shape index (κ1) is 17.7. The zero-order valence-corrected chi connectivity index (χ0v) is 14.4. The number of anilines is 1. The maximum Gasteiger partial charge on any atom is 0.254 e. The molecular weight excluding hydrogens is 316 g/mol. The van der Waals surface area contributed by atoms with Crippen molar-refractivity contribution in [2.24, 2.45) is 0 Å². The first-order valence-electron chi connectivity index (χ1n) is 7.92. The van der Waals surface area contributed by atoms with E-state index in [1.54, 1.807) is 29.2 Å². The van der Waals surface area contributed by atoms with Crippen molar-refractivity contribution in [2.45, 2.75) is 32.8 Å². The highest BCUT2D eigenvalue weighted by Crippen LogP contribution is 2.16. The Morgan fingerprint density at radius 3 is 2.91 bits per heavy atom. The van der Waals surface area contributed by atoms with Gasteiger partial charge in [0.1, 0.15) is 0 Å². The summed E-state index contributed by atoms with van der Waals surface area (Å²) in [5.41, 5.74) is 0.906. The summed E-state index contributed by atoms with van der Waals surface area (Å²) in [6.45, 7) is 5.49. The number of hydrogen-bond donors (Lipinski definition) is 1. The maximum atomic E-state index is 12.5. The van der Waals surface area contributed by atoms with Crippen molar-refractivity contribution in [2.75, 3.05) is 30.2 Å². The molecule has 7 heteroatoms. The molecule has 1 aliphatic rings. The highest BCUT2D eigenvalue weighted by Gasteiger charge is 2.22. The first-order chi connectivity index (χ1) is 10.9. The number of nitrogens with zero attached hydrogens (tertiary/aromatic N) is 1. The molecule has 1 amide bonds. The van der Waals surface area contributed by atoms with Gasteiger partial charge in [0.15, 0.2) is 0 Å². The minimum Gasteiger partial charge on any atom is -0.375 e. The second-order valence-electron chi connectivity index (χ2n) is 5.79. The normalized spacial score (nSPS) is 18.7. The Morgan fingerprint density at radius 1 is 1.43 bits per heavy atom. The number of carbonyl (C=O) groups excluding carboxylic acids is 1. The van der Waals surface area contributed by atoms with E-state index >= 15 is 0 Å². The number of rotatable bonds is 6. The number of benzene rings is 1. The van der Waals surface area contributed by atoms with Crippen LogP contribution < -0.4 is 4.72 Å². The van der Waals surface area contributed by atoms with Crippen LogP contribution in [-0.2, 0) is 14.8 Å². The van der Waals surface area contributed by atoms with Gasteiger partial charge in [-0.25, -0.2) is 8.42 Å². The van der Waals surface area contributed by atoms with Crippen molar-refractivity contribution in [3.63, 3.8) is 0 Å². The number of nitrogens with one attached hydrogen (secondary N) is 1. The smallest absolute Gasteiger partial charge is 0.254 e. The molecule has 1 aromatic rings. The van der Waals surface area contributed by atoms with E-state index in [1.807, 2.05) is 13.8 Å². The summed E-state index contributed by atoms with van der Waals surface area (Å²) in [7, 11) is -3.37. The third-order valence-corrected chi connectivity index (χ3v) is 5.05. The van der Waals surface area contributed by atoms with Crippen molar-refractivity contribution in [1.82, 2.24) is 4.90 Å². The molecule has 0 spiro atoms. The van der Waals surface area contributed by atoms with Crippen LogP contribution in [0.2, 0.25) is 0 Å². The number of unbranched alkanes of at least 4 members (excludes halogenated alkanes) is 1. The molecule has 2 rings (SSSR count). The van der Waals surface area contributed by atoms with E-state index < -0.39 is 10.0 Å². The predicted molar refractivity (Wildman–Crippen MR) is 90.1 cm³/mol. The van der Waals surface area contributed by atoms with Gasteiger partial charge in [0.25, 0.3) is 5.91 Å². The molecule has 1 atom stereocenters. The first-order valence-corrected chi connectivity index (χ1v) is 9.58. The molecule has 128 valence electrons. The molecule has 1 saturated heterocycles. The molecule has 1 aromatic carbocycles. The van der Waals surface area contributed by atoms with Crippen LogP contribution in [0.5, 0.6) is 0 Å². The van der Waals surface area contributed by atoms with Crippen molar-refractivity contribution in [3.05, 3.63) is 29.8 Å². The number of sulfonamides is 1. The van der Waals surface area contributed by atoms with Gasteiger partial charge in [-0.1, -0.05) is 19.4 Å². The minimum absolute atomic E-state index is 0.0171. The van der Waals surface area contributed by atoms with Gasteiger partial charge in [-0.15, -0.1) is 0 Å². The summed E-state index contributed by atoms with van der Waals surface area (Å²) in [6, 6.07) is 6.63. The van der Waals surface area contributed by atoms with Gasteiger partial charge in [-0.2, -0.15) is 0 Å². The van der Waals surface area contributed by atoms with Crippen LogP contribution in [0.25, 0.3) is 0 Å². The topological polar surface area (TPSA) is 75.7 Å². The highest BCUT2D eigenvalue weighted by molar-refractivity contribution is 7.92. The van der Waals surface area contributed by atoms with Crippen molar-refractivity contribution >= 4 is 21.6 Å². The average molecular weight is 340 g/mol.